The molecule has 5 nitrogen and oxygen atoms in total. The van der Waals surface area contributed by atoms with Crippen molar-refractivity contribution in [3.63, 3.8) is 0 Å². The Labute approximate surface area is 76.6 Å². The van der Waals surface area contributed by atoms with E-state index >= 15 is 0 Å². The number of pyridine rings is 1. The molecule has 0 spiro atoms. The number of hydrogen-bond acceptors (Lipinski definition) is 4. The van der Waals surface area contributed by atoms with Crippen molar-refractivity contribution in [2.45, 2.75) is 0 Å². The van der Waals surface area contributed by atoms with Crippen LogP contribution in [0.25, 0.3) is 0 Å². The fraction of sp³-hybridized carbons (Fsp3) is 0.143. The lowest BCUT2D eigenvalue weighted by atomic mass is 10.4. The van der Waals surface area contributed by atoms with E-state index in [1.807, 2.05) is 4.83 Å². The van der Waals surface area contributed by atoms with Gasteiger partial charge in [-0.15, -0.1) is 0 Å². The van der Waals surface area contributed by atoms with Gasteiger partial charge in [-0.05, 0) is 12.1 Å². The summed E-state index contributed by atoms with van der Waals surface area (Å²) in [5.41, 5.74) is 0.596. The molecule has 0 aliphatic heterocycles. The molecule has 0 unspecified atom stereocenters. The molecular weight excluding hydrogens is 190 g/mol. The van der Waals surface area contributed by atoms with Crippen molar-refractivity contribution >= 4 is 16.2 Å². The maximum atomic E-state index is 10.6. The van der Waals surface area contributed by atoms with Crippen molar-refractivity contribution in [1.29, 1.82) is 0 Å². The summed E-state index contributed by atoms with van der Waals surface area (Å²) < 4.78 is 21.2. The first kappa shape index (κ1) is 9.66. The Hall–Kier alpha value is -1.43. The van der Waals surface area contributed by atoms with Crippen molar-refractivity contribution in [2.75, 3.05) is 6.26 Å². The zero-order valence-electron chi connectivity index (χ0n) is 7.01. The molecule has 13 heavy (non-hydrogen) atoms. The van der Waals surface area contributed by atoms with Gasteiger partial charge in [-0.2, -0.15) is 5.10 Å². The average Bonchev–Trinajstić information content (AvgIpc) is 2.04. The van der Waals surface area contributed by atoms with Gasteiger partial charge in [-0.3, -0.25) is 4.98 Å². The molecule has 0 radical (unpaired) electrons. The highest BCUT2D eigenvalue weighted by molar-refractivity contribution is 7.88. The van der Waals surface area contributed by atoms with Crippen LogP contribution in [0, 0.1) is 0 Å². The summed E-state index contributed by atoms with van der Waals surface area (Å²) in [6.45, 7) is 0. The minimum atomic E-state index is -3.27. The van der Waals surface area contributed by atoms with Crippen LogP contribution in [-0.2, 0) is 10.0 Å². The second-order valence-electron chi connectivity index (χ2n) is 2.38. The van der Waals surface area contributed by atoms with Crippen LogP contribution in [0.4, 0.5) is 0 Å². The van der Waals surface area contributed by atoms with Crippen molar-refractivity contribution in [3.8, 4) is 0 Å². The molecule has 70 valence electrons. The Kier molecular flexibility index (Phi) is 2.97. The van der Waals surface area contributed by atoms with Crippen LogP contribution in [0.3, 0.4) is 0 Å². The molecule has 0 aliphatic carbocycles. The number of aromatic nitrogens is 1. The summed E-state index contributed by atoms with van der Waals surface area (Å²) in [4.78, 5) is 5.89. The molecule has 0 saturated heterocycles. The van der Waals surface area contributed by atoms with E-state index in [1.165, 1.54) is 6.21 Å². The highest BCUT2D eigenvalue weighted by atomic mass is 32.2. The van der Waals surface area contributed by atoms with Gasteiger partial charge in [0.2, 0.25) is 10.0 Å². The van der Waals surface area contributed by atoms with E-state index in [1.54, 1.807) is 24.4 Å². The van der Waals surface area contributed by atoms with Crippen LogP contribution in [-0.4, -0.2) is 25.9 Å². The molecule has 0 bridgehead atoms. The summed E-state index contributed by atoms with van der Waals surface area (Å²) in [6, 6.07) is 5.27. The molecule has 0 aliphatic rings. The Morgan fingerprint density at radius 3 is 2.85 bits per heavy atom. The van der Waals surface area contributed by atoms with E-state index in [-0.39, 0.29) is 0 Å². The van der Waals surface area contributed by atoms with Crippen LogP contribution in [0.5, 0.6) is 0 Å². The minimum absolute atomic E-state index is 0.596. The molecular formula is C7H9N3O2S. The van der Waals surface area contributed by atoms with Gasteiger partial charge in [-0.1, -0.05) is 6.07 Å². The third-order valence-corrected chi connectivity index (χ3v) is 1.54. The molecule has 0 atom stereocenters. The minimum Gasteiger partial charge on any atom is -0.255 e. The summed E-state index contributed by atoms with van der Waals surface area (Å²) in [7, 11) is -3.27. The van der Waals surface area contributed by atoms with E-state index in [0.29, 0.717) is 5.69 Å². The van der Waals surface area contributed by atoms with Crippen molar-refractivity contribution in [3.05, 3.63) is 30.1 Å². The summed E-state index contributed by atoms with van der Waals surface area (Å²) >= 11 is 0. The van der Waals surface area contributed by atoms with Crippen LogP contribution >= 0.6 is 0 Å². The van der Waals surface area contributed by atoms with Crippen molar-refractivity contribution in [2.24, 2.45) is 5.10 Å². The first-order valence-electron chi connectivity index (χ1n) is 3.49. The molecule has 1 rings (SSSR count). The third kappa shape index (κ3) is 4.22. The molecule has 0 fully saturated rings. The average molecular weight is 199 g/mol. The lowest BCUT2D eigenvalue weighted by molar-refractivity contribution is 0.591. The lowest BCUT2D eigenvalue weighted by Crippen LogP contribution is -2.15. The lowest BCUT2D eigenvalue weighted by Gasteiger charge is -1.93. The van der Waals surface area contributed by atoms with Gasteiger partial charge in [0, 0.05) is 6.20 Å². The third-order valence-electron chi connectivity index (χ3n) is 1.10. The van der Waals surface area contributed by atoms with Gasteiger partial charge in [-0.25, -0.2) is 13.2 Å². The van der Waals surface area contributed by atoms with Crippen LogP contribution in [0.15, 0.2) is 29.5 Å². The molecule has 1 aromatic heterocycles. The normalized spacial score (nSPS) is 11.8. The smallest absolute Gasteiger partial charge is 0.244 e. The van der Waals surface area contributed by atoms with Gasteiger partial charge >= 0.3 is 0 Å². The van der Waals surface area contributed by atoms with Gasteiger partial charge in [0.15, 0.2) is 0 Å². The molecule has 1 aromatic rings. The molecule has 1 heterocycles. The Morgan fingerprint density at radius 2 is 2.31 bits per heavy atom. The zero-order chi connectivity index (χ0) is 9.73. The Balaban J connectivity index is 2.61. The molecule has 0 aromatic carbocycles. The first-order valence-corrected chi connectivity index (χ1v) is 5.38. The van der Waals surface area contributed by atoms with Crippen LogP contribution in [0.2, 0.25) is 0 Å². The SMILES string of the molecule is CS(=O)(=O)NN=Cc1ccccn1. The largest absolute Gasteiger partial charge is 0.255 e. The quantitative estimate of drug-likeness (QED) is 0.548. The van der Waals surface area contributed by atoms with E-state index in [4.69, 9.17) is 0 Å². The van der Waals surface area contributed by atoms with Crippen LogP contribution < -0.4 is 4.83 Å². The predicted molar refractivity (Wildman–Crippen MR) is 49.8 cm³/mol. The van der Waals surface area contributed by atoms with Crippen LogP contribution in [0.1, 0.15) is 5.69 Å². The Bertz CT molecular complexity index is 385. The standard InChI is InChI=1S/C7H9N3O2S/c1-13(11,12)10-9-6-7-4-2-3-5-8-7/h2-6,10H,1H3. The molecule has 1 N–H and O–H groups in total. The number of nitrogens with zero attached hydrogens (tertiary/aromatic N) is 2. The first-order chi connectivity index (χ1) is 6.08. The Morgan fingerprint density at radius 1 is 1.54 bits per heavy atom. The predicted octanol–water partition coefficient (Wildman–Crippen LogP) is -0.0353. The molecule has 0 saturated carbocycles. The highest BCUT2D eigenvalue weighted by Crippen LogP contribution is 1.87. The van der Waals surface area contributed by atoms with Gasteiger partial charge in [0.1, 0.15) is 0 Å². The van der Waals surface area contributed by atoms with Gasteiger partial charge < -0.3 is 0 Å². The number of hydrazone groups is 1. The van der Waals surface area contributed by atoms with E-state index in [0.717, 1.165) is 6.26 Å². The van der Waals surface area contributed by atoms with Gasteiger partial charge in [0.25, 0.3) is 0 Å². The zero-order valence-corrected chi connectivity index (χ0v) is 7.82. The highest BCUT2D eigenvalue weighted by Gasteiger charge is 1.94. The maximum absolute atomic E-state index is 10.6. The number of hydrogen-bond donors (Lipinski definition) is 1. The second-order valence-corrected chi connectivity index (χ2v) is 4.10. The summed E-state index contributed by atoms with van der Waals surface area (Å²) in [5.74, 6) is 0. The van der Waals surface area contributed by atoms with Crippen molar-refractivity contribution in [1.82, 2.24) is 9.82 Å². The van der Waals surface area contributed by atoms with Crippen molar-refractivity contribution < 1.29 is 8.42 Å². The summed E-state index contributed by atoms with van der Waals surface area (Å²) in [5, 5.41) is 3.49. The van der Waals surface area contributed by atoms with Gasteiger partial charge in [0.05, 0.1) is 18.2 Å². The maximum Gasteiger partial charge on any atom is 0.244 e. The summed E-state index contributed by atoms with van der Waals surface area (Å²) in [6.07, 6.45) is 3.96. The van der Waals surface area contributed by atoms with E-state index < -0.39 is 10.0 Å². The fourth-order valence-corrected chi connectivity index (χ4v) is 0.885. The monoisotopic (exact) mass is 199 g/mol. The van der Waals surface area contributed by atoms with E-state index in [2.05, 4.69) is 10.1 Å². The second kappa shape index (κ2) is 3.99. The number of nitrogens with one attached hydrogen (secondary N) is 1. The number of rotatable bonds is 3. The number of sulfonamides is 1. The molecule has 0 amide bonds. The molecule has 6 heteroatoms. The topological polar surface area (TPSA) is 71.4 Å². The van der Waals surface area contributed by atoms with E-state index in [9.17, 15) is 8.42 Å². The fourth-order valence-electron chi connectivity index (χ4n) is 0.641.